The summed E-state index contributed by atoms with van der Waals surface area (Å²) < 4.78 is 2.05. The van der Waals surface area contributed by atoms with E-state index in [1.54, 1.807) is 0 Å². The van der Waals surface area contributed by atoms with Gasteiger partial charge < -0.3 is 15.2 Å². The number of carbonyl (C=O) groups excluding carboxylic acids is 1. The molecular formula is C15H25N3O. The van der Waals surface area contributed by atoms with E-state index >= 15 is 0 Å². The topological polar surface area (TPSA) is 46.1 Å². The van der Waals surface area contributed by atoms with Gasteiger partial charge in [0.05, 0.1) is 12.0 Å². The zero-order valence-corrected chi connectivity index (χ0v) is 12.0. The summed E-state index contributed by atoms with van der Waals surface area (Å²) in [7, 11) is 2.01. The van der Waals surface area contributed by atoms with Crippen molar-refractivity contribution >= 4 is 5.91 Å². The molecule has 1 aliphatic rings. The van der Waals surface area contributed by atoms with E-state index in [0.29, 0.717) is 6.54 Å². The van der Waals surface area contributed by atoms with Gasteiger partial charge in [0.15, 0.2) is 0 Å². The first-order valence-electron chi connectivity index (χ1n) is 7.27. The van der Waals surface area contributed by atoms with Crippen LogP contribution in [-0.2, 0) is 18.4 Å². The highest BCUT2D eigenvalue weighted by Crippen LogP contribution is 2.31. The summed E-state index contributed by atoms with van der Waals surface area (Å²) in [5, 5.41) is 6.50. The van der Waals surface area contributed by atoms with Crippen LogP contribution in [0.1, 0.15) is 38.3 Å². The van der Waals surface area contributed by atoms with Crippen LogP contribution < -0.4 is 10.6 Å². The summed E-state index contributed by atoms with van der Waals surface area (Å²) in [6.07, 6.45) is 6.13. The number of piperidine rings is 1. The third-order valence-electron chi connectivity index (χ3n) is 4.16. The SMILES string of the molecule is CCCC1(C(=O)NCc2cccn2C)CCCNC1. The average Bonchev–Trinajstić information content (AvgIpc) is 2.83. The first-order valence-corrected chi connectivity index (χ1v) is 7.27. The number of aromatic nitrogens is 1. The highest BCUT2D eigenvalue weighted by Gasteiger charge is 2.38. The zero-order chi connectivity index (χ0) is 13.7. The molecule has 1 aromatic heterocycles. The molecule has 4 nitrogen and oxygen atoms in total. The molecule has 106 valence electrons. The summed E-state index contributed by atoms with van der Waals surface area (Å²) in [4.78, 5) is 12.6. The van der Waals surface area contributed by atoms with Gasteiger partial charge in [-0.1, -0.05) is 13.3 Å². The number of rotatable bonds is 5. The first kappa shape index (κ1) is 14.1. The fraction of sp³-hybridized carbons (Fsp3) is 0.667. The van der Waals surface area contributed by atoms with Crippen LogP contribution in [0.15, 0.2) is 18.3 Å². The van der Waals surface area contributed by atoms with Gasteiger partial charge in [-0.2, -0.15) is 0 Å². The molecule has 1 fully saturated rings. The fourth-order valence-corrected chi connectivity index (χ4v) is 3.01. The smallest absolute Gasteiger partial charge is 0.227 e. The first-order chi connectivity index (χ1) is 9.18. The molecule has 1 aromatic rings. The van der Waals surface area contributed by atoms with Crippen LogP contribution >= 0.6 is 0 Å². The molecule has 2 N–H and O–H groups in total. The third kappa shape index (κ3) is 3.18. The van der Waals surface area contributed by atoms with Crippen LogP contribution in [0.2, 0.25) is 0 Å². The summed E-state index contributed by atoms with van der Waals surface area (Å²) in [6.45, 7) is 4.63. The molecule has 0 bridgehead atoms. The van der Waals surface area contributed by atoms with Gasteiger partial charge in [0, 0.05) is 25.5 Å². The Morgan fingerprint density at radius 1 is 1.58 bits per heavy atom. The summed E-state index contributed by atoms with van der Waals surface area (Å²) in [6, 6.07) is 4.05. The van der Waals surface area contributed by atoms with E-state index in [4.69, 9.17) is 0 Å². The molecule has 0 spiro atoms. The lowest BCUT2D eigenvalue weighted by atomic mass is 9.76. The van der Waals surface area contributed by atoms with Crippen molar-refractivity contribution in [2.24, 2.45) is 12.5 Å². The lowest BCUT2D eigenvalue weighted by Gasteiger charge is -2.36. The molecule has 1 aliphatic heterocycles. The van der Waals surface area contributed by atoms with E-state index in [0.717, 1.165) is 44.5 Å². The monoisotopic (exact) mass is 263 g/mol. The Bertz CT molecular complexity index is 413. The summed E-state index contributed by atoms with van der Waals surface area (Å²) in [5.41, 5.74) is 0.946. The number of hydrogen-bond donors (Lipinski definition) is 2. The molecule has 19 heavy (non-hydrogen) atoms. The normalized spacial score (nSPS) is 23.3. The predicted octanol–water partition coefficient (Wildman–Crippen LogP) is 1.81. The second kappa shape index (κ2) is 6.24. The summed E-state index contributed by atoms with van der Waals surface area (Å²) in [5.74, 6) is 0.211. The molecule has 0 aliphatic carbocycles. The zero-order valence-electron chi connectivity index (χ0n) is 12.0. The van der Waals surface area contributed by atoms with Crippen molar-refractivity contribution in [3.63, 3.8) is 0 Å². The van der Waals surface area contributed by atoms with Gasteiger partial charge in [0.1, 0.15) is 0 Å². The van der Waals surface area contributed by atoms with Crippen molar-refractivity contribution in [3.8, 4) is 0 Å². The van der Waals surface area contributed by atoms with Gasteiger partial charge in [0.25, 0.3) is 0 Å². The highest BCUT2D eigenvalue weighted by atomic mass is 16.2. The number of nitrogens with zero attached hydrogens (tertiary/aromatic N) is 1. The lowest BCUT2D eigenvalue weighted by Crippen LogP contribution is -2.50. The standard InChI is InChI=1S/C15H25N3O/c1-3-7-15(8-5-9-16-12-15)14(19)17-11-13-6-4-10-18(13)2/h4,6,10,16H,3,5,7-9,11-12H2,1-2H3,(H,17,19). The number of amides is 1. The van der Waals surface area contributed by atoms with E-state index in [1.165, 1.54) is 0 Å². The van der Waals surface area contributed by atoms with Crippen LogP contribution in [-0.4, -0.2) is 23.6 Å². The van der Waals surface area contributed by atoms with Crippen molar-refractivity contribution in [1.29, 1.82) is 0 Å². The second-order valence-corrected chi connectivity index (χ2v) is 5.60. The quantitative estimate of drug-likeness (QED) is 0.851. The molecule has 4 heteroatoms. The van der Waals surface area contributed by atoms with Crippen molar-refractivity contribution in [2.75, 3.05) is 13.1 Å². The Hall–Kier alpha value is -1.29. The van der Waals surface area contributed by atoms with Crippen LogP contribution in [0, 0.1) is 5.41 Å². The van der Waals surface area contributed by atoms with Crippen molar-refractivity contribution in [3.05, 3.63) is 24.0 Å². The molecule has 0 saturated carbocycles. The third-order valence-corrected chi connectivity index (χ3v) is 4.16. The maximum Gasteiger partial charge on any atom is 0.227 e. The molecule has 0 radical (unpaired) electrons. The van der Waals surface area contributed by atoms with Crippen LogP contribution in [0.4, 0.5) is 0 Å². The van der Waals surface area contributed by atoms with Crippen LogP contribution in [0.3, 0.4) is 0 Å². The fourth-order valence-electron chi connectivity index (χ4n) is 3.01. The molecule has 1 amide bonds. The van der Waals surface area contributed by atoms with E-state index in [-0.39, 0.29) is 11.3 Å². The van der Waals surface area contributed by atoms with E-state index < -0.39 is 0 Å². The minimum Gasteiger partial charge on any atom is -0.353 e. The minimum atomic E-state index is -0.196. The molecule has 1 atom stereocenters. The van der Waals surface area contributed by atoms with Crippen LogP contribution in [0.25, 0.3) is 0 Å². The number of carbonyl (C=O) groups is 1. The van der Waals surface area contributed by atoms with E-state index in [2.05, 4.69) is 17.6 Å². The van der Waals surface area contributed by atoms with Gasteiger partial charge in [0.2, 0.25) is 5.91 Å². The minimum absolute atomic E-state index is 0.196. The van der Waals surface area contributed by atoms with Gasteiger partial charge in [-0.25, -0.2) is 0 Å². The molecule has 0 aromatic carbocycles. The van der Waals surface area contributed by atoms with Gasteiger partial charge in [-0.3, -0.25) is 4.79 Å². The van der Waals surface area contributed by atoms with Gasteiger partial charge in [-0.05, 0) is 37.9 Å². The highest BCUT2D eigenvalue weighted by molar-refractivity contribution is 5.83. The number of hydrogen-bond acceptors (Lipinski definition) is 2. The lowest BCUT2D eigenvalue weighted by molar-refractivity contribution is -0.132. The second-order valence-electron chi connectivity index (χ2n) is 5.60. The van der Waals surface area contributed by atoms with Crippen molar-refractivity contribution in [2.45, 2.75) is 39.2 Å². The Labute approximate surface area is 115 Å². The maximum absolute atomic E-state index is 12.6. The number of aryl methyl sites for hydroxylation is 1. The Morgan fingerprint density at radius 3 is 3.00 bits per heavy atom. The molecule has 2 rings (SSSR count). The average molecular weight is 263 g/mol. The van der Waals surface area contributed by atoms with Crippen LogP contribution in [0.5, 0.6) is 0 Å². The summed E-state index contributed by atoms with van der Waals surface area (Å²) >= 11 is 0. The molecule has 1 saturated heterocycles. The van der Waals surface area contributed by atoms with E-state index in [1.807, 2.05) is 29.9 Å². The Balaban J connectivity index is 1.97. The predicted molar refractivity (Wildman–Crippen MR) is 76.7 cm³/mol. The number of nitrogens with one attached hydrogen (secondary N) is 2. The maximum atomic E-state index is 12.6. The Morgan fingerprint density at radius 2 is 2.42 bits per heavy atom. The van der Waals surface area contributed by atoms with E-state index in [9.17, 15) is 4.79 Å². The molecule has 1 unspecified atom stereocenters. The van der Waals surface area contributed by atoms with Gasteiger partial charge >= 0.3 is 0 Å². The van der Waals surface area contributed by atoms with Gasteiger partial charge in [-0.15, -0.1) is 0 Å². The molecule has 2 heterocycles. The Kier molecular flexibility index (Phi) is 4.64. The molecular weight excluding hydrogens is 238 g/mol. The van der Waals surface area contributed by atoms with Crippen molar-refractivity contribution < 1.29 is 4.79 Å². The largest absolute Gasteiger partial charge is 0.353 e. The van der Waals surface area contributed by atoms with Crippen molar-refractivity contribution in [1.82, 2.24) is 15.2 Å².